The van der Waals surface area contributed by atoms with E-state index in [1.807, 2.05) is 16.7 Å². The summed E-state index contributed by atoms with van der Waals surface area (Å²) in [5.74, 6) is -0.389. The standard InChI is InChI=1S/C32H32ClF6N9O2/c1-2-24-10-25(17-47(24)27-26(33)15-42-30(45-27)46-5-3-19(4-6-46)28(49)50)48(29-40-11-20(12-41-29)21-13-43-44-14-21)16-18-7-22(31(34,35)36)9-23(8-18)32(37,38)39/h7-9,11-15,19,24-25H,2-6,10,16-17H2,1H3,(H,43,44)(H,49,50). The Morgan fingerprint density at radius 1 is 0.980 bits per heavy atom. The summed E-state index contributed by atoms with van der Waals surface area (Å²) in [4.78, 5) is 35.0. The molecule has 2 saturated heterocycles. The van der Waals surface area contributed by atoms with Gasteiger partial charge in [-0.25, -0.2) is 15.0 Å². The minimum Gasteiger partial charge on any atom is -0.481 e. The molecule has 0 spiro atoms. The predicted molar refractivity (Wildman–Crippen MR) is 172 cm³/mol. The zero-order valence-electron chi connectivity index (χ0n) is 26.6. The summed E-state index contributed by atoms with van der Waals surface area (Å²) in [7, 11) is 0. The summed E-state index contributed by atoms with van der Waals surface area (Å²) in [5, 5.41) is 16.2. The Morgan fingerprint density at radius 2 is 1.64 bits per heavy atom. The van der Waals surface area contributed by atoms with Crippen LogP contribution in [0.25, 0.3) is 11.1 Å². The SMILES string of the molecule is CCC1CC(N(Cc2cc(C(F)(F)F)cc(C(F)(F)F)c2)c2ncc(-c3cn[nH]c3)cn2)CN1c1nc(N2CCC(C(=O)O)CC2)ncc1Cl. The third kappa shape index (κ3) is 7.56. The van der Waals surface area contributed by atoms with Gasteiger partial charge in [0.1, 0.15) is 5.02 Å². The smallest absolute Gasteiger partial charge is 0.416 e. The fraction of sp³-hybridized carbons (Fsp3) is 0.438. The van der Waals surface area contributed by atoms with Crippen LogP contribution < -0.4 is 14.7 Å². The maximum absolute atomic E-state index is 13.8. The van der Waals surface area contributed by atoms with Crippen LogP contribution in [0.1, 0.15) is 49.3 Å². The Balaban J connectivity index is 1.34. The van der Waals surface area contributed by atoms with Crippen LogP contribution in [0.3, 0.4) is 0 Å². The molecule has 2 fully saturated rings. The van der Waals surface area contributed by atoms with E-state index < -0.39 is 41.4 Å². The van der Waals surface area contributed by atoms with Gasteiger partial charge in [-0.1, -0.05) is 18.5 Å². The Kier molecular flexibility index (Phi) is 9.79. The second kappa shape index (κ2) is 13.9. The number of carbonyl (C=O) groups is 1. The first-order valence-electron chi connectivity index (χ1n) is 15.8. The molecule has 5 heterocycles. The van der Waals surface area contributed by atoms with E-state index in [2.05, 4.69) is 25.1 Å². The van der Waals surface area contributed by atoms with Crippen molar-refractivity contribution in [1.82, 2.24) is 30.1 Å². The van der Waals surface area contributed by atoms with Gasteiger partial charge in [0.05, 0.1) is 35.5 Å². The average molecular weight is 724 g/mol. The van der Waals surface area contributed by atoms with Gasteiger partial charge >= 0.3 is 18.3 Å². The summed E-state index contributed by atoms with van der Waals surface area (Å²) in [6.07, 6.45) is -0.411. The van der Waals surface area contributed by atoms with E-state index >= 15 is 0 Å². The average Bonchev–Trinajstić information content (AvgIpc) is 3.78. The summed E-state index contributed by atoms with van der Waals surface area (Å²) in [6, 6.07) is 0.885. The lowest BCUT2D eigenvalue weighted by Gasteiger charge is -2.32. The summed E-state index contributed by atoms with van der Waals surface area (Å²) in [5.41, 5.74) is -1.74. The Bertz CT molecular complexity index is 1770. The molecular formula is C32H32ClF6N9O2. The second-order valence-corrected chi connectivity index (χ2v) is 12.8. The van der Waals surface area contributed by atoms with Crippen LogP contribution in [-0.4, -0.2) is 72.9 Å². The monoisotopic (exact) mass is 723 g/mol. The molecule has 4 aromatic rings. The molecular weight excluding hydrogens is 692 g/mol. The molecule has 0 bridgehead atoms. The molecule has 2 aliphatic rings. The lowest BCUT2D eigenvalue weighted by molar-refractivity contribution is -0.144. The topological polar surface area (TPSA) is 127 Å². The van der Waals surface area contributed by atoms with E-state index in [1.54, 1.807) is 17.3 Å². The van der Waals surface area contributed by atoms with Crippen LogP contribution in [0.15, 0.2) is 49.2 Å². The van der Waals surface area contributed by atoms with Gasteiger partial charge in [0.2, 0.25) is 11.9 Å². The molecule has 2 unspecified atom stereocenters. The van der Waals surface area contributed by atoms with E-state index in [9.17, 15) is 36.2 Å². The zero-order chi connectivity index (χ0) is 35.8. The Labute approximate surface area is 287 Å². The van der Waals surface area contributed by atoms with Crippen LogP contribution in [0, 0.1) is 5.92 Å². The predicted octanol–water partition coefficient (Wildman–Crippen LogP) is 6.71. The number of aromatic nitrogens is 6. The Morgan fingerprint density at radius 3 is 2.20 bits per heavy atom. The van der Waals surface area contributed by atoms with E-state index in [4.69, 9.17) is 16.6 Å². The molecule has 2 atom stereocenters. The van der Waals surface area contributed by atoms with Crippen molar-refractivity contribution in [2.75, 3.05) is 34.3 Å². The van der Waals surface area contributed by atoms with E-state index in [0.29, 0.717) is 73.8 Å². The summed E-state index contributed by atoms with van der Waals surface area (Å²) >= 11 is 6.64. The number of aromatic amines is 1. The molecule has 2 aliphatic heterocycles. The third-order valence-electron chi connectivity index (χ3n) is 9.14. The van der Waals surface area contributed by atoms with E-state index in [-0.39, 0.29) is 41.7 Å². The van der Waals surface area contributed by atoms with Crippen molar-refractivity contribution in [3.63, 3.8) is 0 Å². The summed E-state index contributed by atoms with van der Waals surface area (Å²) in [6.45, 7) is 2.72. The number of alkyl halides is 6. The van der Waals surface area contributed by atoms with Crippen molar-refractivity contribution in [2.24, 2.45) is 5.92 Å². The van der Waals surface area contributed by atoms with Gasteiger partial charge in [-0.2, -0.15) is 36.4 Å². The molecule has 0 radical (unpaired) electrons. The van der Waals surface area contributed by atoms with Crippen molar-refractivity contribution in [2.45, 2.75) is 63.6 Å². The number of hydrogen-bond acceptors (Lipinski definition) is 9. The van der Waals surface area contributed by atoms with Crippen molar-refractivity contribution in [3.05, 3.63) is 70.9 Å². The second-order valence-electron chi connectivity index (χ2n) is 12.3. The van der Waals surface area contributed by atoms with Gasteiger partial charge in [-0.3, -0.25) is 9.89 Å². The fourth-order valence-electron chi connectivity index (χ4n) is 6.49. The normalized spacial score (nSPS) is 18.9. The molecule has 2 N–H and O–H groups in total. The number of benzene rings is 1. The number of rotatable bonds is 9. The number of piperidine rings is 1. The molecule has 18 heteroatoms. The lowest BCUT2D eigenvalue weighted by Crippen LogP contribution is -2.39. The molecule has 11 nitrogen and oxygen atoms in total. The maximum atomic E-state index is 13.8. The van der Waals surface area contributed by atoms with Crippen LogP contribution in [0.4, 0.5) is 44.1 Å². The molecule has 0 amide bonds. The molecule has 50 heavy (non-hydrogen) atoms. The maximum Gasteiger partial charge on any atom is 0.416 e. The fourth-order valence-corrected chi connectivity index (χ4v) is 6.69. The first-order valence-corrected chi connectivity index (χ1v) is 16.2. The highest BCUT2D eigenvalue weighted by Crippen LogP contribution is 2.39. The van der Waals surface area contributed by atoms with Crippen LogP contribution >= 0.6 is 11.6 Å². The number of hydrogen-bond donors (Lipinski definition) is 2. The molecule has 6 rings (SSSR count). The number of H-pyrrole nitrogens is 1. The van der Waals surface area contributed by atoms with Gasteiger partial charge < -0.3 is 19.8 Å². The number of aliphatic carboxylic acids is 1. The molecule has 1 aromatic carbocycles. The zero-order valence-corrected chi connectivity index (χ0v) is 27.3. The van der Waals surface area contributed by atoms with Gasteiger partial charge in [-0.05, 0) is 49.4 Å². The lowest BCUT2D eigenvalue weighted by atomic mass is 9.97. The van der Waals surface area contributed by atoms with Gasteiger partial charge in [0, 0.05) is 61.9 Å². The number of nitrogens with zero attached hydrogens (tertiary/aromatic N) is 8. The van der Waals surface area contributed by atoms with E-state index in [1.165, 1.54) is 18.6 Å². The van der Waals surface area contributed by atoms with Crippen LogP contribution in [0.5, 0.6) is 0 Å². The Hall–Kier alpha value is -4.67. The third-order valence-corrected chi connectivity index (χ3v) is 9.41. The molecule has 266 valence electrons. The first-order chi connectivity index (χ1) is 23.7. The minimum atomic E-state index is -5.01. The highest BCUT2D eigenvalue weighted by molar-refractivity contribution is 6.32. The van der Waals surface area contributed by atoms with Crippen molar-refractivity contribution >= 4 is 35.3 Å². The molecule has 0 saturated carbocycles. The van der Waals surface area contributed by atoms with Crippen LogP contribution in [0.2, 0.25) is 5.02 Å². The number of anilines is 3. The largest absolute Gasteiger partial charge is 0.481 e. The number of halogens is 7. The van der Waals surface area contributed by atoms with Crippen molar-refractivity contribution in [3.8, 4) is 11.1 Å². The highest BCUT2D eigenvalue weighted by Gasteiger charge is 2.40. The minimum absolute atomic E-state index is 0.104. The quantitative estimate of drug-likeness (QED) is 0.180. The van der Waals surface area contributed by atoms with Gasteiger partial charge in [0.15, 0.2) is 5.82 Å². The van der Waals surface area contributed by atoms with Gasteiger partial charge in [0.25, 0.3) is 0 Å². The molecule has 0 aliphatic carbocycles. The van der Waals surface area contributed by atoms with E-state index in [0.717, 1.165) is 0 Å². The highest BCUT2D eigenvalue weighted by atomic mass is 35.5. The number of carboxylic acid groups (broad SMARTS) is 1. The van der Waals surface area contributed by atoms with Crippen molar-refractivity contribution < 1.29 is 36.2 Å². The molecule has 3 aromatic heterocycles. The number of carboxylic acids is 1. The van der Waals surface area contributed by atoms with Gasteiger partial charge in [-0.15, -0.1) is 0 Å². The number of nitrogens with one attached hydrogen (secondary N) is 1. The first kappa shape index (κ1) is 35.2. The van der Waals surface area contributed by atoms with Crippen molar-refractivity contribution in [1.29, 1.82) is 0 Å². The van der Waals surface area contributed by atoms with Crippen LogP contribution in [-0.2, 0) is 23.7 Å². The summed E-state index contributed by atoms with van der Waals surface area (Å²) < 4.78 is 82.8.